The number of nitrogens with zero attached hydrogens (tertiary/aromatic N) is 1. The van der Waals surface area contributed by atoms with Gasteiger partial charge < -0.3 is 4.74 Å². The van der Waals surface area contributed by atoms with E-state index in [1.165, 1.54) is 19.2 Å². The van der Waals surface area contributed by atoms with Gasteiger partial charge in [-0.25, -0.2) is 8.42 Å². The molecule has 0 amide bonds. The standard InChI is InChI=1S/C9H12N2O6S/c1-16-6-7-17-10-18(14,15)9-5-3-2-4-8(9)11(12)13/h2-5,10H,6-7H2,1H3. The molecule has 0 aliphatic heterocycles. The predicted octanol–water partition coefficient (Wildman–Crippen LogP) is 0.451. The highest BCUT2D eigenvalue weighted by atomic mass is 32.2. The Bertz CT molecular complexity index is 516. The molecule has 0 fully saturated rings. The van der Waals surface area contributed by atoms with E-state index in [4.69, 9.17) is 0 Å². The van der Waals surface area contributed by atoms with Crippen LogP contribution in [0.5, 0.6) is 0 Å². The molecule has 100 valence electrons. The van der Waals surface area contributed by atoms with Gasteiger partial charge in [0.2, 0.25) is 0 Å². The molecule has 0 atom stereocenters. The molecule has 0 unspecified atom stereocenters. The molecule has 1 rings (SSSR count). The molecule has 0 aromatic heterocycles. The van der Waals surface area contributed by atoms with Crippen LogP contribution in [0.15, 0.2) is 29.2 Å². The van der Waals surface area contributed by atoms with Crippen molar-refractivity contribution in [3.05, 3.63) is 34.4 Å². The van der Waals surface area contributed by atoms with Crippen LogP contribution in [0.25, 0.3) is 0 Å². The maximum Gasteiger partial charge on any atom is 0.289 e. The molecule has 0 heterocycles. The smallest absolute Gasteiger partial charge is 0.289 e. The predicted molar refractivity (Wildman–Crippen MR) is 61.2 cm³/mol. The lowest BCUT2D eigenvalue weighted by Gasteiger charge is -2.07. The van der Waals surface area contributed by atoms with E-state index in [1.807, 2.05) is 0 Å². The van der Waals surface area contributed by atoms with E-state index in [1.54, 1.807) is 4.89 Å². The molecule has 0 saturated carbocycles. The second kappa shape index (κ2) is 6.40. The summed E-state index contributed by atoms with van der Waals surface area (Å²) in [6.45, 7) is 0.190. The maximum absolute atomic E-state index is 11.7. The Balaban J connectivity index is 2.88. The van der Waals surface area contributed by atoms with Gasteiger partial charge in [-0.2, -0.15) is 0 Å². The van der Waals surface area contributed by atoms with E-state index < -0.39 is 25.5 Å². The summed E-state index contributed by atoms with van der Waals surface area (Å²) in [4.78, 5) is 15.9. The van der Waals surface area contributed by atoms with Gasteiger partial charge in [0.15, 0.2) is 4.90 Å². The van der Waals surface area contributed by atoms with Crippen molar-refractivity contribution in [1.29, 1.82) is 0 Å². The average molecular weight is 276 g/mol. The lowest BCUT2D eigenvalue weighted by molar-refractivity contribution is -0.387. The number of hydrogen-bond donors (Lipinski definition) is 1. The summed E-state index contributed by atoms with van der Waals surface area (Å²) in [6.07, 6.45) is 0. The van der Waals surface area contributed by atoms with Crippen LogP contribution in [0, 0.1) is 10.1 Å². The first-order valence-corrected chi connectivity index (χ1v) is 6.33. The van der Waals surface area contributed by atoms with Crippen molar-refractivity contribution < 1.29 is 22.9 Å². The van der Waals surface area contributed by atoms with E-state index in [0.717, 1.165) is 12.1 Å². The summed E-state index contributed by atoms with van der Waals surface area (Å²) in [5.41, 5.74) is -0.514. The van der Waals surface area contributed by atoms with Crippen molar-refractivity contribution in [2.75, 3.05) is 20.3 Å². The number of sulfonamides is 1. The topological polar surface area (TPSA) is 108 Å². The SMILES string of the molecule is COCCONS(=O)(=O)c1ccccc1[N+](=O)[O-]. The van der Waals surface area contributed by atoms with Crippen LogP contribution in [0.2, 0.25) is 0 Å². The van der Waals surface area contributed by atoms with Crippen LogP contribution in [0.4, 0.5) is 5.69 Å². The largest absolute Gasteiger partial charge is 0.382 e. The van der Waals surface area contributed by atoms with Gasteiger partial charge in [0.1, 0.15) is 0 Å². The fourth-order valence-corrected chi connectivity index (χ4v) is 2.13. The van der Waals surface area contributed by atoms with E-state index in [-0.39, 0.29) is 13.2 Å². The van der Waals surface area contributed by atoms with Gasteiger partial charge >= 0.3 is 0 Å². The Hall–Kier alpha value is -1.55. The van der Waals surface area contributed by atoms with Gasteiger partial charge in [-0.1, -0.05) is 17.0 Å². The van der Waals surface area contributed by atoms with Gasteiger partial charge in [0.05, 0.1) is 18.1 Å². The zero-order valence-electron chi connectivity index (χ0n) is 9.53. The first-order valence-electron chi connectivity index (χ1n) is 4.85. The second-order valence-electron chi connectivity index (χ2n) is 3.15. The van der Waals surface area contributed by atoms with Crippen molar-refractivity contribution in [2.24, 2.45) is 0 Å². The monoisotopic (exact) mass is 276 g/mol. The van der Waals surface area contributed by atoms with Crippen LogP contribution in [0.3, 0.4) is 0 Å². The highest BCUT2D eigenvalue weighted by Crippen LogP contribution is 2.22. The Morgan fingerprint density at radius 3 is 2.61 bits per heavy atom. The van der Waals surface area contributed by atoms with Crippen LogP contribution < -0.4 is 4.89 Å². The van der Waals surface area contributed by atoms with Gasteiger partial charge in [0, 0.05) is 13.2 Å². The zero-order chi connectivity index (χ0) is 13.6. The lowest BCUT2D eigenvalue weighted by Crippen LogP contribution is -2.26. The minimum absolute atomic E-state index is 0.00361. The van der Waals surface area contributed by atoms with Crippen molar-refractivity contribution in [1.82, 2.24) is 4.89 Å². The van der Waals surface area contributed by atoms with Crippen molar-refractivity contribution >= 4 is 15.7 Å². The number of nitrogens with one attached hydrogen (secondary N) is 1. The summed E-state index contributed by atoms with van der Waals surface area (Å²) >= 11 is 0. The maximum atomic E-state index is 11.7. The normalized spacial score (nSPS) is 11.4. The third-order valence-electron chi connectivity index (χ3n) is 1.91. The fraction of sp³-hybridized carbons (Fsp3) is 0.333. The van der Waals surface area contributed by atoms with E-state index in [9.17, 15) is 18.5 Å². The third-order valence-corrected chi connectivity index (χ3v) is 3.17. The Kier molecular flexibility index (Phi) is 5.16. The molecule has 0 radical (unpaired) electrons. The van der Waals surface area contributed by atoms with E-state index in [2.05, 4.69) is 9.57 Å². The van der Waals surface area contributed by atoms with Gasteiger partial charge in [-0.3, -0.25) is 15.0 Å². The highest BCUT2D eigenvalue weighted by molar-refractivity contribution is 7.89. The molecular formula is C9H12N2O6S. The van der Waals surface area contributed by atoms with Crippen molar-refractivity contribution in [2.45, 2.75) is 4.90 Å². The van der Waals surface area contributed by atoms with Crippen molar-refractivity contribution in [3.63, 3.8) is 0 Å². The molecule has 18 heavy (non-hydrogen) atoms. The zero-order valence-corrected chi connectivity index (χ0v) is 10.3. The van der Waals surface area contributed by atoms with Crippen LogP contribution in [0.1, 0.15) is 0 Å². The minimum atomic E-state index is -4.09. The summed E-state index contributed by atoms with van der Waals surface area (Å²) in [6, 6.07) is 4.99. The molecule has 8 nitrogen and oxygen atoms in total. The molecule has 0 spiro atoms. The number of benzene rings is 1. The molecule has 1 aromatic rings. The number of rotatable bonds is 7. The summed E-state index contributed by atoms with van der Waals surface area (Å²) in [5, 5.41) is 10.7. The fourth-order valence-electron chi connectivity index (χ4n) is 1.12. The summed E-state index contributed by atoms with van der Waals surface area (Å²) < 4.78 is 28.1. The second-order valence-corrected chi connectivity index (χ2v) is 4.77. The van der Waals surface area contributed by atoms with Gasteiger partial charge in [0.25, 0.3) is 15.7 Å². The lowest BCUT2D eigenvalue weighted by atomic mass is 10.3. The van der Waals surface area contributed by atoms with Gasteiger partial charge in [-0.15, -0.1) is 0 Å². The average Bonchev–Trinajstić information content (AvgIpc) is 2.35. The minimum Gasteiger partial charge on any atom is -0.382 e. The van der Waals surface area contributed by atoms with Crippen LogP contribution in [-0.4, -0.2) is 33.7 Å². The molecule has 1 aromatic carbocycles. The first kappa shape index (κ1) is 14.5. The summed E-state index contributed by atoms with van der Waals surface area (Å²) in [7, 11) is -2.66. The number of methoxy groups -OCH3 is 1. The Labute approximate surface area is 104 Å². The Morgan fingerprint density at radius 1 is 1.33 bits per heavy atom. The molecule has 9 heteroatoms. The van der Waals surface area contributed by atoms with Crippen LogP contribution >= 0.6 is 0 Å². The number of nitro benzene ring substituents is 1. The van der Waals surface area contributed by atoms with Crippen molar-refractivity contribution in [3.8, 4) is 0 Å². The molecular weight excluding hydrogens is 264 g/mol. The number of hydrogen-bond acceptors (Lipinski definition) is 6. The number of para-hydroxylation sites is 1. The molecule has 0 aliphatic carbocycles. The molecule has 0 aliphatic rings. The third kappa shape index (κ3) is 3.74. The first-order chi connectivity index (χ1) is 8.49. The van der Waals surface area contributed by atoms with Crippen LogP contribution in [-0.2, 0) is 19.6 Å². The molecule has 0 saturated heterocycles. The molecule has 1 N–H and O–H groups in total. The number of nitro groups is 1. The quantitative estimate of drug-likeness (QED) is 0.440. The highest BCUT2D eigenvalue weighted by Gasteiger charge is 2.25. The number of ether oxygens (including phenoxy) is 1. The van der Waals surface area contributed by atoms with E-state index >= 15 is 0 Å². The Morgan fingerprint density at radius 2 is 2.00 bits per heavy atom. The van der Waals surface area contributed by atoms with E-state index in [0.29, 0.717) is 0 Å². The molecule has 0 bridgehead atoms. The summed E-state index contributed by atoms with van der Waals surface area (Å²) in [5.74, 6) is 0. The van der Waals surface area contributed by atoms with Gasteiger partial charge in [-0.05, 0) is 6.07 Å².